The SMILES string of the molecule is c1ccc2c(CC3CCNC3)coc2c1. The van der Waals surface area contributed by atoms with E-state index in [0.717, 1.165) is 24.5 Å². The second kappa shape index (κ2) is 3.70. The number of hydrogen-bond donors (Lipinski definition) is 1. The normalized spacial score (nSPS) is 21.2. The molecule has 1 atom stereocenters. The quantitative estimate of drug-likeness (QED) is 0.808. The average Bonchev–Trinajstić information content (AvgIpc) is 2.89. The molecule has 1 aliphatic rings. The molecule has 0 amide bonds. The predicted molar refractivity (Wildman–Crippen MR) is 60.9 cm³/mol. The summed E-state index contributed by atoms with van der Waals surface area (Å²) in [5.41, 5.74) is 2.37. The van der Waals surface area contributed by atoms with Crippen molar-refractivity contribution in [3.05, 3.63) is 36.1 Å². The van der Waals surface area contributed by atoms with Crippen LogP contribution in [0.3, 0.4) is 0 Å². The molecule has 2 nitrogen and oxygen atoms in total. The zero-order valence-electron chi connectivity index (χ0n) is 8.70. The molecule has 2 heteroatoms. The first kappa shape index (κ1) is 8.98. The molecule has 0 aliphatic carbocycles. The second-order valence-corrected chi connectivity index (χ2v) is 4.32. The number of rotatable bonds is 2. The molecule has 0 bridgehead atoms. The van der Waals surface area contributed by atoms with Crippen LogP contribution in [0.1, 0.15) is 12.0 Å². The van der Waals surface area contributed by atoms with Gasteiger partial charge in [0, 0.05) is 5.39 Å². The van der Waals surface area contributed by atoms with Gasteiger partial charge in [0.2, 0.25) is 0 Å². The number of furan rings is 1. The van der Waals surface area contributed by atoms with E-state index in [1.165, 1.54) is 23.9 Å². The van der Waals surface area contributed by atoms with Gasteiger partial charge in [0.1, 0.15) is 5.58 Å². The number of benzene rings is 1. The van der Waals surface area contributed by atoms with Gasteiger partial charge in [0.25, 0.3) is 0 Å². The smallest absolute Gasteiger partial charge is 0.134 e. The molecule has 1 saturated heterocycles. The Morgan fingerprint density at radius 2 is 2.27 bits per heavy atom. The molecule has 0 radical (unpaired) electrons. The number of para-hydroxylation sites is 1. The highest BCUT2D eigenvalue weighted by Gasteiger charge is 2.16. The van der Waals surface area contributed by atoms with Crippen LogP contribution in [-0.2, 0) is 6.42 Å². The van der Waals surface area contributed by atoms with Crippen LogP contribution >= 0.6 is 0 Å². The molecule has 0 saturated carbocycles. The maximum atomic E-state index is 5.54. The van der Waals surface area contributed by atoms with Crippen molar-refractivity contribution in [3.63, 3.8) is 0 Å². The van der Waals surface area contributed by atoms with E-state index in [4.69, 9.17) is 4.42 Å². The molecule has 15 heavy (non-hydrogen) atoms. The van der Waals surface area contributed by atoms with Gasteiger partial charge in [-0.15, -0.1) is 0 Å². The zero-order valence-corrected chi connectivity index (χ0v) is 8.70. The van der Waals surface area contributed by atoms with Crippen molar-refractivity contribution in [2.24, 2.45) is 5.92 Å². The maximum Gasteiger partial charge on any atom is 0.134 e. The highest BCUT2D eigenvalue weighted by Crippen LogP contribution is 2.24. The fourth-order valence-electron chi connectivity index (χ4n) is 2.39. The van der Waals surface area contributed by atoms with Gasteiger partial charge < -0.3 is 9.73 Å². The molecular weight excluding hydrogens is 186 g/mol. The minimum atomic E-state index is 0.783. The Morgan fingerprint density at radius 1 is 1.33 bits per heavy atom. The third-order valence-corrected chi connectivity index (χ3v) is 3.23. The highest BCUT2D eigenvalue weighted by molar-refractivity contribution is 5.80. The minimum Gasteiger partial charge on any atom is -0.464 e. The van der Waals surface area contributed by atoms with Gasteiger partial charge in [-0.1, -0.05) is 18.2 Å². The third kappa shape index (κ3) is 1.65. The van der Waals surface area contributed by atoms with Crippen LogP contribution in [0.25, 0.3) is 11.0 Å². The van der Waals surface area contributed by atoms with Gasteiger partial charge in [-0.3, -0.25) is 0 Å². The zero-order chi connectivity index (χ0) is 10.1. The summed E-state index contributed by atoms with van der Waals surface area (Å²) in [5, 5.41) is 4.68. The van der Waals surface area contributed by atoms with Crippen molar-refractivity contribution in [2.75, 3.05) is 13.1 Å². The second-order valence-electron chi connectivity index (χ2n) is 4.32. The van der Waals surface area contributed by atoms with E-state index in [2.05, 4.69) is 17.4 Å². The molecule has 1 fully saturated rings. The minimum absolute atomic E-state index is 0.783. The van der Waals surface area contributed by atoms with E-state index < -0.39 is 0 Å². The number of nitrogens with one attached hydrogen (secondary N) is 1. The predicted octanol–water partition coefficient (Wildman–Crippen LogP) is 2.58. The van der Waals surface area contributed by atoms with Gasteiger partial charge in [0.05, 0.1) is 6.26 Å². The lowest BCUT2D eigenvalue weighted by Crippen LogP contribution is -2.10. The molecule has 1 N–H and O–H groups in total. The van der Waals surface area contributed by atoms with Crippen molar-refractivity contribution < 1.29 is 4.42 Å². The molecule has 1 aliphatic heterocycles. The lowest BCUT2D eigenvalue weighted by molar-refractivity contribution is 0.564. The summed E-state index contributed by atoms with van der Waals surface area (Å²) in [6, 6.07) is 8.28. The Bertz CT molecular complexity index is 454. The van der Waals surface area contributed by atoms with E-state index in [9.17, 15) is 0 Å². The third-order valence-electron chi connectivity index (χ3n) is 3.23. The van der Waals surface area contributed by atoms with E-state index >= 15 is 0 Å². The molecule has 2 aromatic rings. The monoisotopic (exact) mass is 201 g/mol. The van der Waals surface area contributed by atoms with E-state index in [1.54, 1.807) is 0 Å². The van der Waals surface area contributed by atoms with E-state index in [0.29, 0.717) is 0 Å². The molecule has 78 valence electrons. The molecule has 0 spiro atoms. The van der Waals surface area contributed by atoms with Crippen molar-refractivity contribution in [3.8, 4) is 0 Å². The average molecular weight is 201 g/mol. The van der Waals surface area contributed by atoms with Crippen LogP contribution in [0.15, 0.2) is 34.9 Å². The molecular formula is C13H15NO. The van der Waals surface area contributed by atoms with Crippen LogP contribution < -0.4 is 5.32 Å². The van der Waals surface area contributed by atoms with Crippen molar-refractivity contribution in [1.82, 2.24) is 5.32 Å². The van der Waals surface area contributed by atoms with Gasteiger partial charge in [-0.2, -0.15) is 0 Å². The summed E-state index contributed by atoms with van der Waals surface area (Å²) in [6.45, 7) is 2.32. The molecule has 3 rings (SSSR count). The Kier molecular flexibility index (Phi) is 2.22. The first-order valence-electron chi connectivity index (χ1n) is 5.59. The Labute approximate surface area is 89.3 Å². The lowest BCUT2D eigenvalue weighted by atomic mass is 9.98. The largest absolute Gasteiger partial charge is 0.464 e. The fraction of sp³-hybridized carbons (Fsp3) is 0.385. The Morgan fingerprint density at radius 3 is 3.13 bits per heavy atom. The van der Waals surface area contributed by atoms with Crippen molar-refractivity contribution in [2.45, 2.75) is 12.8 Å². The number of hydrogen-bond acceptors (Lipinski definition) is 2. The first-order valence-corrected chi connectivity index (χ1v) is 5.59. The van der Waals surface area contributed by atoms with Crippen LogP contribution in [0.5, 0.6) is 0 Å². The van der Waals surface area contributed by atoms with Gasteiger partial charge >= 0.3 is 0 Å². The van der Waals surface area contributed by atoms with E-state index in [1.807, 2.05) is 18.4 Å². The fourth-order valence-corrected chi connectivity index (χ4v) is 2.39. The maximum absolute atomic E-state index is 5.54. The van der Waals surface area contributed by atoms with Crippen molar-refractivity contribution in [1.29, 1.82) is 0 Å². The summed E-state index contributed by atoms with van der Waals surface area (Å²) >= 11 is 0. The van der Waals surface area contributed by atoms with Crippen LogP contribution in [0.4, 0.5) is 0 Å². The lowest BCUT2D eigenvalue weighted by Gasteiger charge is -2.05. The van der Waals surface area contributed by atoms with Crippen LogP contribution in [-0.4, -0.2) is 13.1 Å². The first-order chi connectivity index (χ1) is 7.43. The summed E-state index contributed by atoms with van der Waals surface area (Å²) in [7, 11) is 0. The highest BCUT2D eigenvalue weighted by atomic mass is 16.3. The molecule has 1 aromatic heterocycles. The van der Waals surface area contributed by atoms with Crippen LogP contribution in [0, 0.1) is 5.92 Å². The summed E-state index contributed by atoms with van der Waals surface area (Å²) in [4.78, 5) is 0. The summed E-state index contributed by atoms with van der Waals surface area (Å²) < 4.78 is 5.54. The molecule has 1 aromatic carbocycles. The summed E-state index contributed by atoms with van der Waals surface area (Å²) in [5.74, 6) is 0.783. The topological polar surface area (TPSA) is 25.2 Å². The Balaban J connectivity index is 1.90. The summed E-state index contributed by atoms with van der Waals surface area (Å²) in [6.07, 6.45) is 4.35. The number of fused-ring (bicyclic) bond motifs is 1. The van der Waals surface area contributed by atoms with Crippen LogP contribution in [0.2, 0.25) is 0 Å². The standard InChI is InChI=1S/C13H15NO/c1-2-4-13-12(3-1)11(9-15-13)7-10-5-6-14-8-10/h1-4,9-10,14H,5-8H2. The molecule has 2 heterocycles. The van der Waals surface area contributed by atoms with E-state index in [-0.39, 0.29) is 0 Å². The van der Waals surface area contributed by atoms with Crippen molar-refractivity contribution >= 4 is 11.0 Å². The van der Waals surface area contributed by atoms with Gasteiger partial charge in [-0.05, 0) is 43.5 Å². The molecule has 1 unspecified atom stereocenters. The van der Waals surface area contributed by atoms with Gasteiger partial charge in [-0.25, -0.2) is 0 Å². The Hall–Kier alpha value is -1.28. The van der Waals surface area contributed by atoms with Gasteiger partial charge in [0.15, 0.2) is 0 Å².